The second-order valence-electron chi connectivity index (χ2n) is 6.93. The maximum absolute atomic E-state index is 6.56. The van der Waals surface area contributed by atoms with Crippen molar-refractivity contribution in [1.82, 2.24) is 0 Å². The Hall–Kier alpha value is -0.0800. The molecule has 2 heteroatoms. The van der Waals surface area contributed by atoms with Crippen LogP contribution in [-0.4, -0.2) is 18.8 Å². The fourth-order valence-corrected chi connectivity index (χ4v) is 3.62. The number of ether oxygens (including phenoxy) is 1. The zero-order valence-electron chi connectivity index (χ0n) is 12.2. The summed E-state index contributed by atoms with van der Waals surface area (Å²) in [4.78, 5) is 0. The SMILES string of the molecule is CCCCOCCC1(N)CC(C)CC(C)(C)C1. The summed E-state index contributed by atoms with van der Waals surface area (Å²) in [5.74, 6) is 0.749. The maximum Gasteiger partial charge on any atom is 0.0483 e. The summed E-state index contributed by atoms with van der Waals surface area (Å²) < 4.78 is 5.67. The molecule has 1 rings (SSSR count). The van der Waals surface area contributed by atoms with E-state index in [-0.39, 0.29) is 5.54 Å². The predicted molar refractivity (Wildman–Crippen MR) is 74.1 cm³/mol. The zero-order chi connectivity index (χ0) is 12.9. The molecule has 2 atom stereocenters. The van der Waals surface area contributed by atoms with Gasteiger partial charge in [-0.3, -0.25) is 0 Å². The van der Waals surface area contributed by atoms with Crippen molar-refractivity contribution >= 4 is 0 Å². The lowest BCUT2D eigenvalue weighted by Gasteiger charge is -2.45. The molecule has 1 aliphatic rings. The van der Waals surface area contributed by atoms with Crippen LogP contribution in [0.15, 0.2) is 0 Å². The summed E-state index contributed by atoms with van der Waals surface area (Å²) in [6.07, 6.45) is 7.00. The van der Waals surface area contributed by atoms with E-state index in [4.69, 9.17) is 10.5 Å². The molecule has 0 bridgehead atoms. The third-order valence-electron chi connectivity index (χ3n) is 3.87. The van der Waals surface area contributed by atoms with Gasteiger partial charge in [0, 0.05) is 18.8 Å². The molecule has 0 spiro atoms. The van der Waals surface area contributed by atoms with Crippen LogP contribution in [0.5, 0.6) is 0 Å². The van der Waals surface area contributed by atoms with E-state index >= 15 is 0 Å². The zero-order valence-corrected chi connectivity index (χ0v) is 12.2. The van der Waals surface area contributed by atoms with Crippen molar-refractivity contribution in [1.29, 1.82) is 0 Å². The molecule has 2 nitrogen and oxygen atoms in total. The summed E-state index contributed by atoms with van der Waals surface area (Å²) in [6.45, 7) is 11.0. The van der Waals surface area contributed by atoms with Crippen LogP contribution >= 0.6 is 0 Å². The number of nitrogens with two attached hydrogens (primary N) is 1. The molecule has 1 aliphatic carbocycles. The third-order valence-corrected chi connectivity index (χ3v) is 3.87. The van der Waals surface area contributed by atoms with E-state index < -0.39 is 0 Å². The highest BCUT2D eigenvalue weighted by Gasteiger charge is 2.39. The van der Waals surface area contributed by atoms with Gasteiger partial charge < -0.3 is 10.5 Å². The Morgan fingerprint density at radius 2 is 1.94 bits per heavy atom. The van der Waals surface area contributed by atoms with Crippen LogP contribution in [0, 0.1) is 11.3 Å². The van der Waals surface area contributed by atoms with Gasteiger partial charge in [-0.15, -0.1) is 0 Å². The molecular formula is C15H31NO. The highest BCUT2D eigenvalue weighted by molar-refractivity contribution is 4.96. The second kappa shape index (κ2) is 6.19. The Morgan fingerprint density at radius 3 is 2.53 bits per heavy atom. The molecule has 0 heterocycles. The number of hydrogen-bond donors (Lipinski definition) is 1. The average Bonchev–Trinajstić information content (AvgIpc) is 2.13. The van der Waals surface area contributed by atoms with E-state index in [2.05, 4.69) is 27.7 Å². The van der Waals surface area contributed by atoms with E-state index in [0.29, 0.717) is 5.41 Å². The Kier molecular flexibility index (Phi) is 5.46. The van der Waals surface area contributed by atoms with Crippen molar-refractivity contribution in [2.45, 2.75) is 71.8 Å². The summed E-state index contributed by atoms with van der Waals surface area (Å²) in [6, 6.07) is 0. The summed E-state index contributed by atoms with van der Waals surface area (Å²) in [7, 11) is 0. The Labute approximate surface area is 107 Å². The molecule has 0 saturated heterocycles. The molecule has 0 aromatic carbocycles. The molecule has 1 fully saturated rings. The van der Waals surface area contributed by atoms with Gasteiger partial charge in [-0.2, -0.15) is 0 Å². The van der Waals surface area contributed by atoms with Crippen LogP contribution in [0.2, 0.25) is 0 Å². The van der Waals surface area contributed by atoms with Crippen LogP contribution in [0.25, 0.3) is 0 Å². The van der Waals surface area contributed by atoms with Crippen LogP contribution < -0.4 is 5.73 Å². The van der Waals surface area contributed by atoms with Crippen LogP contribution in [0.3, 0.4) is 0 Å². The van der Waals surface area contributed by atoms with E-state index in [1.807, 2.05) is 0 Å². The van der Waals surface area contributed by atoms with Crippen LogP contribution in [-0.2, 0) is 4.74 Å². The first-order chi connectivity index (χ1) is 7.87. The standard InChI is InChI=1S/C15H31NO/c1-5-6-8-17-9-7-15(16)11-13(2)10-14(3,4)12-15/h13H,5-12,16H2,1-4H3. The second-order valence-corrected chi connectivity index (χ2v) is 6.93. The van der Waals surface area contributed by atoms with Crippen molar-refractivity contribution in [3.63, 3.8) is 0 Å². The van der Waals surface area contributed by atoms with E-state index in [1.54, 1.807) is 0 Å². The van der Waals surface area contributed by atoms with Gasteiger partial charge in [-0.25, -0.2) is 0 Å². The summed E-state index contributed by atoms with van der Waals surface area (Å²) in [5, 5.41) is 0. The number of rotatable bonds is 6. The van der Waals surface area contributed by atoms with Gasteiger partial charge in [0.1, 0.15) is 0 Å². The van der Waals surface area contributed by atoms with Gasteiger partial charge in [0.15, 0.2) is 0 Å². The van der Waals surface area contributed by atoms with Crippen molar-refractivity contribution in [3.8, 4) is 0 Å². The third kappa shape index (κ3) is 5.39. The lowest BCUT2D eigenvalue weighted by atomic mass is 9.64. The minimum Gasteiger partial charge on any atom is -0.381 e. The first-order valence-corrected chi connectivity index (χ1v) is 7.23. The van der Waals surface area contributed by atoms with Gasteiger partial charge in [0.25, 0.3) is 0 Å². The van der Waals surface area contributed by atoms with Gasteiger partial charge in [-0.1, -0.05) is 34.1 Å². The Bertz CT molecular complexity index is 227. The highest BCUT2D eigenvalue weighted by atomic mass is 16.5. The monoisotopic (exact) mass is 241 g/mol. The van der Waals surface area contributed by atoms with Crippen molar-refractivity contribution in [2.24, 2.45) is 17.1 Å². The Morgan fingerprint density at radius 1 is 1.24 bits per heavy atom. The van der Waals surface area contributed by atoms with Crippen LogP contribution in [0.4, 0.5) is 0 Å². The molecule has 0 amide bonds. The minimum absolute atomic E-state index is 0.00732. The molecular weight excluding hydrogens is 210 g/mol. The van der Waals surface area contributed by atoms with Gasteiger partial charge in [0.05, 0.1) is 0 Å². The number of hydrogen-bond acceptors (Lipinski definition) is 2. The number of unbranched alkanes of at least 4 members (excludes halogenated alkanes) is 1. The lowest BCUT2D eigenvalue weighted by molar-refractivity contribution is 0.0610. The van der Waals surface area contributed by atoms with Gasteiger partial charge in [-0.05, 0) is 43.4 Å². The van der Waals surface area contributed by atoms with E-state index in [0.717, 1.165) is 38.4 Å². The molecule has 0 aromatic rings. The fourth-order valence-electron chi connectivity index (χ4n) is 3.62. The van der Waals surface area contributed by atoms with Crippen molar-refractivity contribution < 1.29 is 4.74 Å². The first kappa shape index (κ1) is 15.0. The van der Waals surface area contributed by atoms with Gasteiger partial charge in [0.2, 0.25) is 0 Å². The van der Waals surface area contributed by atoms with Gasteiger partial charge >= 0.3 is 0 Å². The molecule has 2 N–H and O–H groups in total. The fraction of sp³-hybridized carbons (Fsp3) is 1.00. The molecule has 2 unspecified atom stereocenters. The Balaban J connectivity index is 2.34. The average molecular weight is 241 g/mol. The first-order valence-electron chi connectivity index (χ1n) is 7.23. The predicted octanol–water partition coefficient (Wildman–Crippen LogP) is 3.74. The highest BCUT2D eigenvalue weighted by Crippen LogP contribution is 2.43. The normalized spacial score (nSPS) is 32.6. The van der Waals surface area contributed by atoms with Crippen molar-refractivity contribution in [2.75, 3.05) is 13.2 Å². The topological polar surface area (TPSA) is 35.2 Å². The molecule has 0 aromatic heterocycles. The molecule has 0 aliphatic heterocycles. The molecule has 0 radical (unpaired) electrons. The van der Waals surface area contributed by atoms with Crippen molar-refractivity contribution in [3.05, 3.63) is 0 Å². The smallest absolute Gasteiger partial charge is 0.0483 e. The minimum atomic E-state index is 0.00732. The quantitative estimate of drug-likeness (QED) is 0.719. The largest absolute Gasteiger partial charge is 0.381 e. The molecule has 102 valence electrons. The lowest BCUT2D eigenvalue weighted by Crippen LogP contribution is -2.49. The summed E-state index contributed by atoms with van der Waals surface area (Å²) >= 11 is 0. The molecule has 1 saturated carbocycles. The summed E-state index contributed by atoms with van der Waals surface area (Å²) in [5.41, 5.74) is 6.97. The van der Waals surface area contributed by atoms with E-state index in [9.17, 15) is 0 Å². The molecule has 17 heavy (non-hydrogen) atoms. The van der Waals surface area contributed by atoms with E-state index in [1.165, 1.54) is 19.3 Å². The maximum atomic E-state index is 6.56. The van der Waals surface area contributed by atoms with Crippen LogP contribution in [0.1, 0.15) is 66.2 Å².